The van der Waals surface area contributed by atoms with E-state index in [4.69, 9.17) is 21.1 Å². The first kappa shape index (κ1) is 23.1. The summed E-state index contributed by atoms with van der Waals surface area (Å²) in [4.78, 5) is 49.8. The topological polar surface area (TPSA) is 172 Å². The fraction of sp³-hybridized carbons (Fsp3) is 0.529. The van der Waals surface area contributed by atoms with Crippen molar-refractivity contribution in [2.75, 3.05) is 32.7 Å². The van der Waals surface area contributed by atoms with Crippen molar-refractivity contribution in [3.05, 3.63) is 24.2 Å². The van der Waals surface area contributed by atoms with Gasteiger partial charge in [-0.25, -0.2) is 5.48 Å². The monoisotopic (exact) mass is 397 g/mol. The van der Waals surface area contributed by atoms with Gasteiger partial charge in [-0.2, -0.15) is 0 Å². The third-order valence-corrected chi connectivity index (χ3v) is 3.90. The zero-order valence-electron chi connectivity index (χ0n) is 15.6. The second-order valence-electron chi connectivity index (χ2n) is 6.10. The fourth-order valence-corrected chi connectivity index (χ4v) is 2.49. The van der Waals surface area contributed by atoms with Crippen LogP contribution in [0.3, 0.4) is 0 Å². The zero-order valence-corrected chi connectivity index (χ0v) is 15.6. The summed E-state index contributed by atoms with van der Waals surface area (Å²) in [5, 5.41) is 8.70. The highest BCUT2D eigenvalue weighted by atomic mass is 16.5. The SMILES string of the molecule is NCCCN(CC(N)=O)C(=O)CCC(=O)N(CCc1ccco1)CC(=O)NO. The molecule has 28 heavy (non-hydrogen) atoms. The molecule has 0 spiro atoms. The molecule has 0 bridgehead atoms. The van der Waals surface area contributed by atoms with Gasteiger partial charge in [0.2, 0.25) is 17.7 Å². The van der Waals surface area contributed by atoms with Crippen LogP contribution in [0.1, 0.15) is 25.0 Å². The average Bonchev–Trinajstić information content (AvgIpc) is 3.19. The van der Waals surface area contributed by atoms with Crippen molar-refractivity contribution < 1.29 is 28.8 Å². The van der Waals surface area contributed by atoms with E-state index in [1.165, 1.54) is 21.5 Å². The Bertz CT molecular complexity index is 648. The molecule has 0 aliphatic rings. The van der Waals surface area contributed by atoms with E-state index in [1.54, 1.807) is 12.1 Å². The molecule has 4 amide bonds. The van der Waals surface area contributed by atoms with Gasteiger partial charge in [0, 0.05) is 32.4 Å². The molecule has 0 saturated carbocycles. The van der Waals surface area contributed by atoms with Gasteiger partial charge < -0.3 is 25.7 Å². The predicted molar refractivity (Wildman–Crippen MR) is 97.6 cm³/mol. The maximum atomic E-state index is 12.5. The molecule has 11 nitrogen and oxygen atoms in total. The Morgan fingerprint density at radius 3 is 2.21 bits per heavy atom. The first-order valence-electron chi connectivity index (χ1n) is 8.86. The maximum Gasteiger partial charge on any atom is 0.262 e. The molecule has 0 aliphatic heterocycles. The fourth-order valence-electron chi connectivity index (χ4n) is 2.49. The van der Waals surface area contributed by atoms with Gasteiger partial charge in [-0.15, -0.1) is 0 Å². The van der Waals surface area contributed by atoms with Crippen LogP contribution in [0, 0.1) is 0 Å². The van der Waals surface area contributed by atoms with E-state index in [1.807, 2.05) is 0 Å². The Hall–Kier alpha value is -2.92. The van der Waals surface area contributed by atoms with E-state index in [2.05, 4.69) is 0 Å². The summed E-state index contributed by atoms with van der Waals surface area (Å²) < 4.78 is 5.20. The van der Waals surface area contributed by atoms with Gasteiger partial charge in [0.25, 0.3) is 5.91 Å². The molecule has 0 saturated heterocycles. The van der Waals surface area contributed by atoms with Gasteiger partial charge in [-0.3, -0.25) is 24.4 Å². The van der Waals surface area contributed by atoms with Crippen LogP contribution in [0.2, 0.25) is 0 Å². The van der Waals surface area contributed by atoms with Crippen molar-refractivity contribution in [2.24, 2.45) is 11.5 Å². The van der Waals surface area contributed by atoms with Crippen molar-refractivity contribution in [3.63, 3.8) is 0 Å². The lowest BCUT2D eigenvalue weighted by atomic mass is 10.2. The van der Waals surface area contributed by atoms with Gasteiger partial charge in [0.1, 0.15) is 12.3 Å². The molecular formula is C17H27N5O6. The van der Waals surface area contributed by atoms with Crippen molar-refractivity contribution in [2.45, 2.75) is 25.7 Å². The van der Waals surface area contributed by atoms with Gasteiger partial charge in [-0.05, 0) is 25.1 Å². The summed E-state index contributed by atoms with van der Waals surface area (Å²) in [5.74, 6) is -1.62. The van der Waals surface area contributed by atoms with Crippen molar-refractivity contribution in [3.8, 4) is 0 Å². The number of nitrogens with one attached hydrogen (secondary N) is 1. The lowest BCUT2D eigenvalue weighted by Crippen LogP contribution is -2.42. The van der Waals surface area contributed by atoms with E-state index in [0.29, 0.717) is 25.1 Å². The number of hydrogen-bond acceptors (Lipinski definition) is 7. The minimum atomic E-state index is -0.752. The first-order chi connectivity index (χ1) is 13.4. The Labute approximate surface area is 162 Å². The highest BCUT2D eigenvalue weighted by Gasteiger charge is 2.21. The number of nitrogens with two attached hydrogens (primary N) is 2. The lowest BCUT2D eigenvalue weighted by Gasteiger charge is -2.23. The molecule has 0 unspecified atom stereocenters. The smallest absolute Gasteiger partial charge is 0.262 e. The van der Waals surface area contributed by atoms with E-state index in [9.17, 15) is 19.2 Å². The molecule has 1 heterocycles. The maximum absolute atomic E-state index is 12.5. The Balaban J connectivity index is 2.64. The molecule has 1 aromatic rings. The van der Waals surface area contributed by atoms with Crippen LogP contribution >= 0.6 is 0 Å². The predicted octanol–water partition coefficient (Wildman–Crippen LogP) is -1.40. The van der Waals surface area contributed by atoms with E-state index in [0.717, 1.165) is 0 Å². The number of amides is 4. The number of carbonyl (C=O) groups excluding carboxylic acids is 4. The molecule has 0 fully saturated rings. The van der Waals surface area contributed by atoms with Crippen molar-refractivity contribution in [1.29, 1.82) is 0 Å². The Morgan fingerprint density at radius 2 is 1.71 bits per heavy atom. The third kappa shape index (κ3) is 8.64. The van der Waals surface area contributed by atoms with E-state index >= 15 is 0 Å². The molecule has 1 aromatic heterocycles. The number of primary amides is 1. The van der Waals surface area contributed by atoms with Crippen LogP contribution in [0.25, 0.3) is 0 Å². The van der Waals surface area contributed by atoms with Crippen LogP contribution < -0.4 is 16.9 Å². The minimum absolute atomic E-state index is 0.144. The molecule has 6 N–H and O–H groups in total. The molecule has 1 rings (SSSR count). The van der Waals surface area contributed by atoms with Gasteiger partial charge >= 0.3 is 0 Å². The van der Waals surface area contributed by atoms with E-state index in [-0.39, 0.29) is 39.0 Å². The quantitative estimate of drug-likeness (QED) is 0.234. The lowest BCUT2D eigenvalue weighted by molar-refractivity contribution is -0.141. The third-order valence-electron chi connectivity index (χ3n) is 3.90. The van der Waals surface area contributed by atoms with Crippen LogP contribution in [0.4, 0.5) is 0 Å². The molecular weight excluding hydrogens is 370 g/mol. The molecule has 0 atom stereocenters. The summed E-state index contributed by atoms with van der Waals surface area (Å²) in [6.45, 7) is 0.177. The number of nitrogens with zero attached hydrogens (tertiary/aromatic N) is 2. The van der Waals surface area contributed by atoms with Crippen LogP contribution in [-0.2, 0) is 25.6 Å². The molecule has 0 radical (unpaired) electrons. The number of rotatable bonds is 13. The summed E-state index contributed by atoms with van der Waals surface area (Å²) in [6.07, 6.45) is 2.06. The van der Waals surface area contributed by atoms with Gasteiger partial charge in [0.05, 0.1) is 12.8 Å². The molecule has 0 aromatic carbocycles. The highest BCUT2D eigenvalue weighted by Crippen LogP contribution is 2.07. The van der Waals surface area contributed by atoms with Gasteiger partial charge in [0.15, 0.2) is 0 Å². The second kappa shape index (κ2) is 12.5. The number of furan rings is 1. The number of hydrogen-bond donors (Lipinski definition) is 4. The van der Waals surface area contributed by atoms with Crippen LogP contribution in [0.5, 0.6) is 0 Å². The average molecular weight is 397 g/mol. The highest BCUT2D eigenvalue weighted by molar-refractivity contribution is 5.88. The molecule has 156 valence electrons. The van der Waals surface area contributed by atoms with Crippen LogP contribution in [0.15, 0.2) is 22.8 Å². The second-order valence-corrected chi connectivity index (χ2v) is 6.10. The minimum Gasteiger partial charge on any atom is -0.469 e. The van der Waals surface area contributed by atoms with Gasteiger partial charge in [-0.1, -0.05) is 0 Å². The number of carbonyl (C=O) groups is 4. The Kier molecular flexibility index (Phi) is 10.3. The van der Waals surface area contributed by atoms with Crippen molar-refractivity contribution in [1.82, 2.24) is 15.3 Å². The summed E-state index contributed by atoms with van der Waals surface area (Å²) in [5.41, 5.74) is 12.0. The molecule has 11 heteroatoms. The normalized spacial score (nSPS) is 10.4. The largest absolute Gasteiger partial charge is 0.469 e. The summed E-state index contributed by atoms with van der Waals surface area (Å²) in [6, 6.07) is 3.44. The van der Waals surface area contributed by atoms with E-state index < -0.39 is 23.6 Å². The Morgan fingerprint density at radius 1 is 1.07 bits per heavy atom. The molecule has 0 aliphatic carbocycles. The standard InChI is InChI=1S/C17H27N5O6/c18-7-2-8-21(11-14(19)23)16(25)4-5-17(26)22(12-15(24)20-27)9-6-13-3-1-10-28-13/h1,3,10,27H,2,4-9,11-12,18H2,(H2,19,23)(H,20,24). The first-order valence-corrected chi connectivity index (χ1v) is 8.86. The summed E-state index contributed by atoms with van der Waals surface area (Å²) >= 11 is 0. The van der Waals surface area contributed by atoms with Crippen molar-refractivity contribution >= 4 is 23.6 Å². The van der Waals surface area contributed by atoms with Crippen LogP contribution in [-0.4, -0.2) is 71.4 Å². The zero-order chi connectivity index (χ0) is 20.9. The number of hydroxylamine groups is 1. The summed E-state index contributed by atoms with van der Waals surface area (Å²) in [7, 11) is 0.